The van der Waals surface area contributed by atoms with Gasteiger partial charge in [-0.25, -0.2) is 9.67 Å². The number of nitrogen functional groups attached to an aromatic ring is 1. The van der Waals surface area contributed by atoms with Gasteiger partial charge >= 0.3 is 0 Å². The third-order valence-corrected chi connectivity index (χ3v) is 6.11. The predicted molar refractivity (Wildman–Crippen MR) is 126 cm³/mol. The highest BCUT2D eigenvalue weighted by Gasteiger charge is 2.26. The van der Waals surface area contributed by atoms with Crippen LogP contribution in [0.4, 0.5) is 5.82 Å². The number of anilines is 1. The molecular weight excluding hydrogens is 430 g/mol. The molecule has 8 heteroatoms. The van der Waals surface area contributed by atoms with Crippen LogP contribution in [0.15, 0.2) is 54.6 Å². The summed E-state index contributed by atoms with van der Waals surface area (Å²) in [6.07, 6.45) is 4.42. The van der Waals surface area contributed by atoms with E-state index in [1.165, 1.54) is 12.8 Å². The minimum atomic E-state index is 0.111. The van der Waals surface area contributed by atoms with E-state index in [2.05, 4.69) is 9.97 Å². The molecule has 1 fully saturated rings. The van der Waals surface area contributed by atoms with E-state index < -0.39 is 0 Å². The molecule has 0 bridgehead atoms. The summed E-state index contributed by atoms with van der Waals surface area (Å²) in [6.45, 7) is 0. The number of fused-ring (bicyclic) bond motifs is 1. The Morgan fingerprint density at radius 1 is 1.03 bits per heavy atom. The Morgan fingerprint density at radius 2 is 1.77 bits per heavy atom. The summed E-state index contributed by atoms with van der Waals surface area (Å²) >= 11 is 12.0. The topological polar surface area (TPSA) is 78.8 Å². The van der Waals surface area contributed by atoms with Crippen LogP contribution in [-0.2, 0) is 0 Å². The van der Waals surface area contributed by atoms with Gasteiger partial charge in [0, 0.05) is 0 Å². The first-order chi connectivity index (χ1) is 15.1. The van der Waals surface area contributed by atoms with E-state index in [4.69, 9.17) is 39.4 Å². The van der Waals surface area contributed by atoms with Crippen molar-refractivity contribution in [3.8, 4) is 11.5 Å². The van der Waals surface area contributed by atoms with E-state index in [-0.39, 0.29) is 17.1 Å². The SMILES string of the molecule is Nc1nc(Cl)nc2c1c(C(=S)c1cccc(Oc3ccccc3)c1)nn2C1CCCC1. The number of aromatic nitrogens is 4. The number of hydrogen-bond acceptors (Lipinski definition) is 6. The average molecular weight is 450 g/mol. The molecule has 0 saturated heterocycles. The summed E-state index contributed by atoms with van der Waals surface area (Å²) < 4.78 is 7.90. The fourth-order valence-corrected chi connectivity index (χ4v) is 4.50. The summed E-state index contributed by atoms with van der Waals surface area (Å²) in [7, 11) is 0. The second-order valence-electron chi connectivity index (χ2n) is 7.58. The minimum Gasteiger partial charge on any atom is -0.457 e. The standard InChI is InChI=1S/C23H20ClN5OS/c24-23-26-21(25)18-19(28-29(22(18)27-23)15-8-4-5-9-15)20(31)14-7-6-12-17(13-14)30-16-10-2-1-3-11-16/h1-3,6-7,10-13,15H,4-5,8-9H2,(H2,25,26,27). The minimum absolute atomic E-state index is 0.111. The molecular formula is C23H20ClN5OS. The first-order valence-corrected chi connectivity index (χ1v) is 11.0. The first kappa shape index (κ1) is 19.9. The van der Waals surface area contributed by atoms with Gasteiger partial charge in [0.15, 0.2) is 5.65 Å². The van der Waals surface area contributed by atoms with Crippen LogP contribution in [0.3, 0.4) is 0 Å². The lowest BCUT2D eigenvalue weighted by Crippen LogP contribution is -2.09. The maximum Gasteiger partial charge on any atom is 0.226 e. The highest BCUT2D eigenvalue weighted by Crippen LogP contribution is 2.35. The number of nitrogens with two attached hydrogens (primary N) is 1. The van der Waals surface area contributed by atoms with Crippen LogP contribution in [0.5, 0.6) is 11.5 Å². The van der Waals surface area contributed by atoms with E-state index in [0.29, 0.717) is 27.3 Å². The Labute approximate surface area is 190 Å². The van der Waals surface area contributed by atoms with Crippen molar-refractivity contribution < 1.29 is 4.74 Å². The quantitative estimate of drug-likeness (QED) is 0.238. The fraction of sp³-hybridized carbons (Fsp3) is 0.217. The zero-order valence-corrected chi connectivity index (χ0v) is 18.2. The third-order valence-electron chi connectivity index (χ3n) is 5.51. The Hall–Kier alpha value is -3.03. The smallest absolute Gasteiger partial charge is 0.226 e. The second kappa shape index (κ2) is 8.24. The van der Waals surface area contributed by atoms with Crippen LogP contribution in [0.1, 0.15) is 43.0 Å². The molecule has 0 atom stereocenters. The molecule has 31 heavy (non-hydrogen) atoms. The van der Waals surface area contributed by atoms with Crippen molar-refractivity contribution in [2.24, 2.45) is 0 Å². The molecule has 0 aliphatic heterocycles. The van der Waals surface area contributed by atoms with Crippen LogP contribution < -0.4 is 10.5 Å². The zero-order valence-electron chi connectivity index (χ0n) is 16.7. The molecule has 2 N–H and O–H groups in total. The number of nitrogens with zero attached hydrogens (tertiary/aromatic N) is 4. The lowest BCUT2D eigenvalue weighted by molar-refractivity contribution is 0.478. The van der Waals surface area contributed by atoms with Gasteiger partial charge in [-0.05, 0) is 54.3 Å². The van der Waals surface area contributed by atoms with Crippen molar-refractivity contribution >= 4 is 45.5 Å². The summed E-state index contributed by atoms with van der Waals surface area (Å²) in [6, 6.07) is 17.5. The molecule has 2 aromatic heterocycles. The van der Waals surface area contributed by atoms with Gasteiger partial charge in [0.25, 0.3) is 0 Å². The van der Waals surface area contributed by atoms with Crippen LogP contribution >= 0.6 is 23.8 Å². The van der Waals surface area contributed by atoms with Crippen molar-refractivity contribution in [1.82, 2.24) is 19.7 Å². The Balaban J connectivity index is 1.56. The second-order valence-corrected chi connectivity index (χ2v) is 8.33. The summed E-state index contributed by atoms with van der Waals surface area (Å²) in [5, 5.41) is 5.62. The van der Waals surface area contributed by atoms with Crippen molar-refractivity contribution in [3.05, 3.63) is 71.1 Å². The molecule has 0 spiro atoms. The summed E-state index contributed by atoms with van der Waals surface area (Å²) in [5.74, 6) is 1.74. The summed E-state index contributed by atoms with van der Waals surface area (Å²) in [4.78, 5) is 9.16. The Kier molecular flexibility index (Phi) is 5.29. The van der Waals surface area contributed by atoms with Gasteiger partial charge in [0.05, 0.1) is 16.3 Å². The molecule has 156 valence electrons. The average Bonchev–Trinajstić information content (AvgIpc) is 3.42. The fourth-order valence-electron chi connectivity index (χ4n) is 4.06. The van der Waals surface area contributed by atoms with E-state index >= 15 is 0 Å². The van der Waals surface area contributed by atoms with Crippen LogP contribution in [0, 0.1) is 0 Å². The molecule has 2 heterocycles. The lowest BCUT2D eigenvalue weighted by atomic mass is 10.1. The monoisotopic (exact) mass is 449 g/mol. The van der Waals surface area contributed by atoms with Crippen molar-refractivity contribution in [2.75, 3.05) is 5.73 Å². The third kappa shape index (κ3) is 3.86. The highest BCUT2D eigenvalue weighted by atomic mass is 35.5. The van der Waals surface area contributed by atoms with Crippen LogP contribution in [0.25, 0.3) is 11.0 Å². The van der Waals surface area contributed by atoms with Gasteiger partial charge in [0.1, 0.15) is 23.0 Å². The zero-order chi connectivity index (χ0) is 21.4. The molecule has 1 aliphatic carbocycles. The molecule has 6 nitrogen and oxygen atoms in total. The van der Waals surface area contributed by atoms with Crippen LogP contribution in [0.2, 0.25) is 5.28 Å². The van der Waals surface area contributed by atoms with Crippen LogP contribution in [-0.4, -0.2) is 24.6 Å². The van der Waals surface area contributed by atoms with E-state index in [9.17, 15) is 0 Å². The normalized spacial score (nSPS) is 14.2. The molecule has 0 amide bonds. The van der Waals surface area contributed by atoms with Gasteiger partial charge in [-0.2, -0.15) is 10.1 Å². The Bertz CT molecular complexity index is 1270. The molecule has 1 aliphatic rings. The number of hydrogen-bond donors (Lipinski definition) is 1. The molecule has 5 rings (SSSR count). The number of halogens is 1. The first-order valence-electron chi connectivity index (χ1n) is 10.2. The lowest BCUT2D eigenvalue weighted by Gasteiger charge is -2.10. The van der Waals surface area contributed by atoms with Crippen molar-refractivity contribution in [1.29, 1.82) is 0 Å². The summed E-state index contributed by atoms with van der Waals surface area (Å²) in [5.41, 5.74) is 8.30. The largest absolute Gasteiger partial charge is 0.457 e. The highest BCUT2D eigenvalue weighted by molar-refractivity contribution is 7.81. The predicted octanol–water partition coefficient (Wildman–Crippen LogP) is 5.74. The van der Waals surface area contributed by atoms with Gasteiger partial charge < -0.3 is 10.5 Å². The van der Waals surface area contributed by atoms with Crippen molar-refractivity contribution in [3.63, 3.8) is 0 Å². The number of ether oxygens (including phenoxy) is 1. The molecule has 1 saturated carbocycles. The van der Waals surface area contributed by atoms with Gasteiger partial charge in [0.2, 0.25) is 5.28 Å². The number of para-hydroxylation sites is 1. The maximum atomic E-state index is 6.24. The number of thiocarbonyl (C=S) groups is 1. The van der Waals surface area contributed by atoms with Gasteiger partial charge in [-0.3, -0.25) is 0 Å². The van der Waals surface area contributed by atoms with Gasteiger partial charge in [-0.1, -0.05) is 55.4 Å². The van der Waals surface area contributed by atoms with E-state index in [0.717, 1.165) is 24.2 Å². The number of rotatable bonds is 5. The molecule has 0 unspecified atom stereocenters. The molecule has 0 radical (unpaired) electrons. The van der Waals surface area contributed by atoms with E-state index in [1.807, 2.05) is 59.3 Å². The van der Waals surface area contributed by atoms with Crippen molar-refractivity contribution in [2.45, 2.75) is 31.7 Å². The number of benzene rings is 2. The Morgan fingerprint density at radius 3 is 2.55 bits per heavy atom. The molecule has 4 aromatic rings. The van der Waals surface area contributed by atoms with Gasteiger partial charge in [-0.15, -0.1) is 0 Å². The van der Waals surface area contributed by atoms with E-state index in [1.54, 1.807) is 0 Å². The maximum absolute atomic E-state index is 6.24. The molecule has 2 aromatic carbocycles.